The Morgan fingerprint density at radius 3 is 2.59 bits per heavy atom. The van der Waals surface area contributed by atoms with Gasteiger partial charge in [0.15, 0.2) is 11.5 Å². The van der Waals surface area contributed by atoms with E-state index in [0.29, 0.717) is 45.6 Å². The number of pyridine rings is 2. The van der Waals surface area contributed by atoms with E-state index in [-0.39, 0.29) is 11.6 Å². The number of nitrogens with two attached hydrogens (primary N) is 1. The number of hydrogen-bond acceptors (Lipinski definition) is 6. The van der Waals surface area contributed by atoms with Crippen LogP contribution in [0.3, 0.4) is 0 Å². The van der Waals surface area contributed by atoms with Gasteiger partial charge in [0.05, 0.1) is 11.8 Å². The van der Waals surface area contributed by atoms with Crippen LogP contribution in [-0.2, 0) is 11.7 Å². The Balaban J connectivity index is 1.10. The number of alkyl halides is 3. The SMILES string of the molecule is NCC1(n2cc(-c3ccnc4[nH]ccc34)cn2)CN(C2CCN(C(=O)c3ccnc(C(F)(F)F)c3F)CC2)C1. The van der Waals surface area contributed by atoms with E-state index in [1.807, 2.05) is 35.4 Å². The molecule has 2 fully saturated rings. The summed E-state index contributed by atoms with van der Waals surface area (Å²) < 4.78 is 55.4. The highest BCUT2D eigenvalue weighted by molar-refractivity contribution is 5.94. The Morgan fingerprint density at radius 2 is 1.87 bits per heavy atom. The molecule has 204 valence electrons. The number of amides is 1. The maximum absolute atomic E-state index is 14.4. The molecule has 4 aromatic heterocycles. The summed E-state index contributed by atoms with van der Waals surface area (Å²) in [4.78, 5) is 27.0. The first kappa shape index (κ1) is 25.4. The molecule has 3 N–H and O–H groups in total. The van der Waals surface area contributed by atoms with Crippen molar-refractivity contribution >= 4 is 16.9 Å². The van der Waals surface area contributed by atoms with Gasteiger partial charge in [-0.05, 0) is 36.6 Å². The highest BCUT2D eigenvalue weighted by atomic mass is 19.4. The molecule has 6 heterocycles. The molecule has 0 spiro atoms. The number of carbonyl (C=O) groups excluding carboxylic acids is 1. The number of fused-ring (bicyclic) bond motifs is 1. The van der Waals surface area contributed by atoms with E-state index in [0.717, 1.165) is 34.4 Å². The third kappa shape index (κ3) is 4.35. The van der Waals surface area contributed by atoms with Gasteiger partial charge in [0.1, 0.15) is 11.2 Å². The fraction of sp³-hybridized carbons (Fsp3) is 0.385. The van der Waals surface area contributed by atoms with Crippen molar-refractivity contribution in [1.82, 2.24) is 34.5 Å². The molecule has 0 unspecified atom stereocenters. The van der Waals surface area contributed by atoms with Gasteiger partial charge in [-0.3, -0.25) is 14.4 Å². The van der Waals surface area contributed by atoms with E-state index >= 15 is 0 Å². The number of nitrogens with one attached hydrogen (secondary N) is 1. The number of aromatic amines is 1. The highest BCUT2D eigenvalue weighted by Crippen LogP contribution is 2.35. The predicted molar refractivity (Wildman–Crippen MR) is 134 cm³/mol. The summed E-state index contributed by atoms with van der Waals surface area (Å²) >= 11 is 0. The number of rotatable bonds is 5. The highest BCUT2D eigenvalue weighted by Gasteiger charge is 2.47. The number of H-pyrrole nitrogens is 1. The molecule has 13 heteroatoms. The van der Waals surface area contributed by atoms with Gasteiger partial charge in [-0.25, -0.2) is 14.4 Å². The number of likely N-dealkylation sites (tertiary alicyclic amines) is 2. The molecule has 2 aliphatic rings. The number of hydrogen-bond donors (Lipinski definition) is 2. The zero-order valence-corrected chi connectivity index (χ0v) is 20.8. The van der Waals surface area contributed by atoms with Gasteiger partial charge in [0.2, 0.25) is 0 Å². The topological polar surface area (TPSA) is 109 Å². The lowest BCUT2D eigenvalue weighted by Gasteiger charge is -2.54. The first-order chi connectivity index (χ1) is 18.7. The Morgan fingerprint density at radius 1 is 1.13 bits per heavy atom. The van der Waals surface area contributed by atoms with Crippen LogP contribution >= 0.6 is 0 Å². The minimum Gasteiger partial charge on any atom is -0.346 e. The van der Waals surface area contributed by atoms with Crippen LogP contribution in [0.4, 0.5) is 17.6 Å². The van der Waals surface area contributed by atoms with Crippen molar-refractivity contribution < 1.29 is 22.4 Å². The molecule has 0 saturated carbocycles. The van der Waals surface area contributed by atoms with Crippen LogP contribution in [0.1, 0.15) is 28.9 Å². The predicted octanol–water partition coefficient (Wildman–Crippen LogP) is 3.25. The molecule has 2 saturated heterocycles. The second-order valence-electron chi connectivity index (χ2n) is 10.1. The molecule has 0 radical (unpaired) electrons. The van der Waals surface area contributed by atoms with Crippen molar-refractivity contribution in [2.24, 2.45) is 5.73 Å². The summed E-state index contributed by atoms with van der Waals surface area (Å²) in [5, 5.41) is 5.65. The lowest BCUT2D eigenvalue weighted by atomic mass is 9.86. The average Bonchev–Trinajstić information content (AvgIpc) is 3.58. The summed E-state index contributed by atoms with van der Waals surface area (Å²) in [6, 6.07) is 5.11. The smallest absolute Gasteiger partial charge is 0.346 e. The van der Waals surface area contributed by atoms with Crippen molar-refractivity contribution in [3.63, 3.8) is 0 Å². The fourth-order valence-corrected chi connectivity index (χ4v) is 5.68. The van der Waals surface area contributed by atoms with Crippen LogP contribution in [0.5, 0.6) is 0 Å². The van der Waals surface area contributed by atoms with E-state index in [9.17, 15) is 22.4 Å². The molecule has 0 bridgehead atoms. The number of halogens is 4. The van der Waals surface area contributed by atoms with Gasteiger partial charge >= 0.3 is 6.18 Å². The number of carbonyl (C=O) groups is 1. The lowest BCUT2D eigenvalue weighted by Crippen LogP contribution is -2.69. The van der Waals surface area contributed by atoms with E-state index in [2.05, 4.69) is 25.0 Å². The van der Waals surface area contributed by atoms with Crippen molar-refractivity contribution in [2.45, 2.75) is 30.6 Å². The van der Waals surface area contributed by atoms with Crippen LogP contribution in [0.25, 0.3) is 22.2 Å². The van der Waals surface area contributed by atoms with E-state index < -0.39 is 29.2 Å². The quantitative estimate of drug-likeness (QED) is 0.375. The molecule has 0 aromatic carbocycles. The third-order valence-corrected chi connectivity index (χ3v) is 7.87. The van der Waals surface area contributed by atoms with E-state index in [1.54, 1.807) is 6.20 Å². The van der Waals surface area contributed by atoms with Gasteiger partial charge in [0.25, 0.3) is 5.91 Å². The summed E-state index contributed by atoms with van der Waals surface area (Å²) in [5.74, 6) is -2.38. The molecule has 2 aliphatic heterocycles. The molecular weight excluding hydrogens is 516 g/mol. The molecule has 6 rings (SSSR count). The van der Waals surface area contributed by atoms with Crippen LogP contribution in [-0.4, -0.2) is 79.2 Å². The standard InChI is InChI=1S/C26H26F4N8O/c27-21-20(3-6-32-22(21)26(28,29)30)24(39)36-9-4-17(5-10-36)37-14-25(13-31,15-37)38-12-16(11-35-38)18-1-7-33-23-19(18)2-8-34-23/h1-3,6-8,11-12,17H,4-5,9-10,13-15,31H2,(H,33,34). The van der Waals surface area contributed by atoms with Gasteiger partial charge in [0, 0.05) is 74.5 Å². The fourth-order valence-electron chi connectivity index (χ4n) is 5.68. The summed E-state index contributed by atoms with van der Waals surface area (Å²) in [7, 11) is 0. The minimum atomic E-state index is -4.97. The molecule has 0 atom stereocenters. The average molecular weight is 543 g/mol. The maximum atomic E-state index is 14.4. The van der Waals surface area contributed by atoms with Gasteiger partial charge in [-0.1, -0.05) is 0 Å². The third-order valence-electron chi connectivity index (χ3n) is 7.87. The van der Waals surface area contributed by atoms with Crippen LogP contribution in [0, 0.1) is 5.82 Å². The van der Waals surface area contributed by atoms with Crippen LogP contribution in [0.2, 0.25) is 0 Å². The van der Waals surface area contributed by atoms with Crippen LogP contribution in [0.15, 0.2) is 49.2 Å². The van der Waals surface area contributed by atoms with Crippen molar-refractivity contribution in [3.8, 4) is 11.1 Å². The first-order valence-corrected chi connectivity index (χ1v) is 12.6. The normalized spacial score (nSPS) is 18.4. The Bertz CT molecular complexity index is 1520. The number of nitrogens with zero attached hydrogens (tertiary/aromatic N) is 6. The number of piperidine rings is 1. The second kappa shape index (κ2) is 9.42. The molecule has 9 nitrogen and oxygen atoms in total. The number of aromatic nitrogens is 5. The molecule has 1 amide bonds. The monoisotopic (exact) mass is 542 g/mol. The van der Waals surface area contributed by atoms with Gasteiger partial charge in [-0.15, -0.1) is 0 Å². The van der Waals surface area contributed by atoms with Crippen molar-refractivity contribution in [1.29, 1.82) is 0 Å². The van der Waals surface area contributed by atoms with Gasteiger partial charge in [-0.2, -0.15) is 18.3 Å². The second-order valence-corrected chi connectivity index (χ2v) is 10.1. The van der Waals surface area contributed by atoms with Crippen LogP contribution < -0.4 is 5.73 Å². The summed E-state index contributed by atoms with van der Waals surface area (Å²) in [5.41, 5.74) is 6.38. The molecule has 39 heavy (non-hydrogen) atoms. The van der Waals surface area contributed by atoms with Crippen molar-refractivity contribution in [3.05, 3.63) is 66.3 Å². The van der Waals surface area contributed by atoms with E-state index in [1.165, 1.54) is 4.90 Å². The maximum Gasteiger partial charge on any atom is 0.436 e. The Labute approximate surface area is 220 Å². The first-order valence-electron chi connectivity index (χ1n) is 12.6. The Kier molecular flexibility index (Phi) is 6.14. The largest absolute Gasteiger partial charge is 0.436 e. The van der Waals surface area contributed by atoms with Crippen molar-refractivity contribution in [2.75, 3.05) is 32.7 Å². The molecule has 4 aromatic rings. The minimum absolute atomic E-state index is 0.177. The summed E-state index contributed by atoms with van der Waals surface area (Å²) in [6.45, 7) is 2.42. The Hall–Kier alpha value is -3.84. The van der Waals surface area contributed by atoms with E-state index in [4.69, 9.17) is 5.73 Å². The molecular formula is C26H26F4N8O. The zero-order chi connectivity index (χ0) is 27.4. The zero-order valence-electron chi connectivity index (χ0n) is 20.8. The summed E-state index contributed by atoms with van der Waals surface area (Å²) in [6.07, 6.45) is 4.53. The lowest BCUT2D eigenvalue weighted by molar-refractivity contribution is -0.143. The molecule has 0 aliphatic carbocycles. The van der Waals surface area contributed by atoms with Gasteiger partial charge < -0.3 is 15.6 Å².